The molecule has 2 rings (SSSR count). The predicted octanol–water partition coefficient (Wildman–Crippen LogP) is 2.23. The van der Waals surface area contributed by atoms with Crippen LogP contribution in [0.15, 0.2) is 23.8 Å². The predicted molar refractivity (Wildman–Crippen MR) is 79.0 cm³/mol. The Bertz CT molecular complexity index is 596. The lowest BCUT2D eigenvalue weighted by Crippen LogP contribution is -2.28. The van der Waals surface area contributed by atoms with Gasteiger partial charge in [0.05, 0.1) is 14.2 Å². The highest BCUT2D eigenvalue weighted by molar-refractivity contribution is 6.02. The summed E-state index contributed by atoms with van der Waals surface area (Å²) in [5.41, 5.74) is 0.808. The Morgan fingerprint density at radius 3 is 2.57 bits per heavy atom. The molecular weight excluding hydrogens is 268 g/mol. The number of nitrogens with zero attached hydrogens (tertiary/aromatic N) is 2. The summed E-state index contributed by atoms with van der Waals surface area (Å²) in [7, 11) is 3.11. The van der Waals surface area contributed by atoms with Crippen molar-refractivity contribution in [3.63, 3.8) is 0 Å². The molecule has 1 heterocycles. The van der Waals surface area contributed by atoms with E-state index in [-0.39, 0.29) is 11.5 Å². The Kier molecular flexibility index (Phi) is 4.83. The normalized spacial score (nSPS) is 14.7. The van der Waals surface area contributed by atoms with Gasteiger partial charge in [0.2, 0.25) is 0 Å². The van der Waals surface area contributed by atoms with Crippen molar-refractivity contribution in [3.8, 4) is 17.6 Å². The standard InChI is InChI=1S/C16H18N2O3/c1-20-14-6-5-12(15(10-14)21-2)9-13(11-17)16(19)18-7-3-4-8-18/h5-6,9-10H,3-4,7-8H2,1-2H3. The number of hydrogen-bond donors (Lipinski definition) is 0. The van der Waals surface area contributed by atoms with Crippen LogP contribution < -0.4 is 9.47 Å². The SMILES string of the molecule is COc1ccc(C=C(C#N)C(=O)N2CCCC2)c(OC)c1. The number of benzene rings is 1. The second-order valence-corrected chi connectivity index (χ2v) is 4.78. The number of amides is 1. The number of carbonyl (C=O) groups excluding carboxylic acids is 1. The van der Waals surface area contributed by atoms with E-state index in [9.17, 15) is 10.1 Å². The summed E-state index contributed by atoms with van der Waals surface area (Å²) in [6.07, 6.45) is 3.56. The van der Waals surface area contributed by atoms with Crippen molar-refractivity contribution >= 4 is 12.0 Å². The zero-order valence-electron chi connectivity index (χ0n) is 12.3. The average molecular weight is 286 g/mol. The van der Waals surface area contributed by atoms with Crippen molar-refractivity contribution in [2.45, 2.75) is 12.8 Å². The summed E-state index contributed by atoms with van der Waals surface area (Å²) < 4.78 is 10.4. The van der Waals surface area contributed by atoms with Gasteiger partial charge >= 0.3 is 0 Å². The summed E-state index contributed by atoms with van der Waals surface area (Å²) in [4.78, 5) is 14.0. The number of hydrogen-bond acceptors (Lipinski definition) is 4. The molecule has 0 aliphatic carbocycles. The molecule has 0 spiro atoms. The molecule has 0 unspecified atom stereocenters. The number of ether oxygens (including phenoxy) is 2. The summed E-state index contributed by atoms with van der Waals surface area (Å²) in [6.45, 7) is 1.44. The van der Waals surface area contributed by atoms with E-state index >= 15 is 0 Å². The van der Waals surface area contributed by atoms with Crippen LogP contribution in [0.2, 0.25) is 0 Å². The molecule has 5 nitrogen and oxygen atoms in total. The van der Waals surface area contributed by atoms with E-state index in [2.05, 4.69) is 0 Å². The van der Waals surface area contributed by atoms with Gasteiger partial charge < -0.3 is 14.4 Å². The third kappa shape index (κ3) is 3.34. The van der Waals surface area contributed by atoms with Crippen LogP contribution in [-0.2, 0) is 4.79 Å². The summed E-state index contributed by atoms with van der Waals surface area (Å²) >= 11 is 0. The number of rotatable bonds is 4. The molecule has 1 aliphatic rings. The van der Waals surface area contributed by atoms with Crippen LogP contribution in [0.5, 0.6) is 11.5 Å². The highest BCUT2D eigenvalue weighted by atomic mass is 16.5. The van der Waals surface area contributed by atoms with Crippen LogP contribution in [-0.4, -0.2) is 38.1 Å². The van der Waals surface area contributed by atoms with Crippen molar-refractivity contribution in [1.29, 1.82) is 5.26 Å². The molecule has 1 fully saturated rings. The van der Waals surface area contributed by atoms with Gasteiger partial charge in [0, 0.05) is 24.7 Å². The van der Waals surface area contributed by atoms with Crippen LogP contribution >= 0.6 is 0 Å². The van der Waals surface area contributed by atoms with Gasteiger partial charge in [0.15, 0.2) is 0 Å². The maximum absolute atomic E-state index is 12.3. The highest BCUT2D eigenvalue weighted by Crippen LogP contribution is 2.27. The first kappa shape index (κ1) is 14.9. The number of nitriles is 1. The fraction of sp³-hybridized carbons (Fsp3) is 0.375. The van der Waals surface area contributed by atoms with Gasteiger partial charge in [-0.2, -0.15) is 5.26 Å². The summed E-state index contributed by atoms with van der Waals surface area (Å²) in [5, 5.41) is 9.25. The molecule has 1 saturated heterocycles. The number of methoxy groups -OCH3 is 2. The molecule has 0 saturated carbocycles. The Hall–Kier alpha value is -2.48. The van der Waals surface area contributed by atoms with E-state index < -0.39 is 0 Å². The summed E-state index contributed by atoms with van der Waals surface area (Å²) in [5.74, 6) is 1.01. The third-order valence-electron chi connectivity index (χ3n) is 3.48. The Labute approximate surface area is 124 Å². The highest BCUT2D eigenvalue weighted by Gasteiger charge is 2.21. The average Bonchev–Trinajstić information content (AvgIpc) is 3.06. The molecule has 0 atom stereocenters. The Morgan fingerprint density at radius 1 is 1.29 bits per heavy atom. The molecule has 110 valence electrons. The molecule has 5 heteroatoms. The maximum Gasteiger partial charge on any atom is 0.264 e. The molecule has 0 aromatic heterocycles. The minimum absolute atomic E-state index is 0.125. The van der Waals surface area contributed by atoms with Gasteiger partial charge in [-0.3, -0.25) is 4.79 Å². The zero-order valence-corrected chi connectivity index (χ0v) is 12.3. The first-order chi connectivity index (χ1) is 10.2. The third-order valence-corrected chi connectivity index (χ3v) is 3.48. The van der Waals surface area contributed by atoms with Gasteiger partial charge in [-0.05, 0) is 31.1 Å². The zero-order chi connectivity index (χ0) is 15.2. The fourth-order valence-electron chi connectivity index (χ4n) is 2.33. The van der Waals surface area contributed by atoms with Crippen molar-refractivity contribution in [1.82, 2.24) is 4.90 Å². The Morgan fingerprint density at radius 2 is 2.00 bits per heavy atom. The molecule has 0 bridgehead atoms. The van der Waals surface area contributed by atoms with E-state index in [1.54, 1.807) is 43.4 Å². The molecule has 1 aromatic carbocycles. The van der Waals surface area contributed by atoms with Crippen LogP contribution in [0, 0.1) is 11.3 Å². The monoisotopic (exact) mass is 286 g/mol. The molecule has 1 amide bonds. The molecule has 0 N–H and O–H groups in total. The van der Waals surface area contributed by atoms with Crippen molar-refractivity contribution in [3.05, 3.63) is 29.3 Å². The lowest BCUT2D eigenvalue weighted by Gasteiger charge is -2.14. The first-order valence-electron chi connectivity index (χ1n) is 6.82. The number of likely N-dealkylation sites (tertiary alicyclic amines) is 1. The van der Waals surface area contributed by atoms with Crippen molar-refractivity contribution in [2.24, 2.45) is 0 Å². The van der Waals surface area contributed by atoms with Gasteiger partial charge in [-0.1, -0.05) is 0 Å². The second-order valence-electron chi connectivity index (χ2n) is 4.78. The second kappa shape index (κ2) is 6.80. The van der Waals surface area contributed by atoms with Crippen LogP contribution in [0.1, 0.15) is 18.4 Å². The minimum Gasteiger partial charge on any atom is -0.497 e. The lowest BCUT2D eigenvalue weighted by molar-refractivity contribution is -0.125. The van der Waals surface area contributed by atoms with E-state index in [0.717, 1.165) is 25.9 Å². The van der Waals surface area contributed by atoms with Gasteiger partial charge in [-0.25, -0.2) is 0 Å². The van der Waals surface area contributed by atoms with E-state index in [1.165, 1.54) is 0 Å². The van der Waals surface area contributed by atoms with Crippen molar-refractivity contribution < 1.29 is 14.3 Å². The first-order valence-corrected chi connectivity index (χ1v) is 6.82. The fourth-order valence-corrected chi connectivity index (χ4v) is 2.33. The van der Waals surface area contributed by atoms with Crippen molar-refractivity contribution in [2.75, 3.05) is 27.3 Å². The Balaban J connectivity index is 2.31. The molecule has 1 aliphatic heterocycles. The van der Waals surface area contributed by atoms with Crippen LogP contribution in [0.4, 0.5) is 0 Å². The largest absolute Gasteiger partial charge is 0.497 e. The quantitative estimate of drug-likeness (QED) is 0.629. The smallest absolute Gasteiger partial charge is 0.264 e. The minimum atomic E-state index is -0.215. The van der Waals surface area contributed by atoms with E-state index in [0.29, 0.717) is 17.1 Å². The lowest BCUT2D eigenvalue weighted by atomic mass is 10.1. The topological polar surface area (TPSA) is 62.6 Å². The van der Waals surface area contributed by atoms with E-state index in [1.807, 2.05) is 6.07 Å². The molecule has 21 heavy (non-hydrogen) atoms. The maximum atomic E-state index is 12.3. The van der Waals surface area contributed by atoms with Gasteiger partial charge in [-0.15, -0.1) is 0 Å². The van der Waals surface area contributed by atoms with Gasteiger partial charge in [0.25, 0.3) is 5.91 Å². The molecular formula is C16H18N2O3. The van der Waals surface area contributed by atoms with Crippen LogP contribution in [0.25, 0.3) is 6.08 Å². The van der Waals surface area contributed by atoms with E-state index in [4.69, 9.17) is 9.47 Å². The summed E-state index contributed by atoms with van der Waals surface area (Å²) in [6, 6.07) is 7.25. The molecule has 1 aromatic rings. The van der Waals surface area contributed by atoms with Gasteiger partial charge in [0.1, 0.15) is 23.1 Å². The molecule has 0 radical (unpaired) electrons. The van der Waals surface area contributed by atoms with Crippen LogP contribution in [0.3, 0.4) is 0 Å². The number of carbonyl (C=O) groups is 1.